The molecule has 0 aromatic heterocycles. The highest BCUT2D eigenvalue weighted by Gasteiger charge is 2.63. The molecule has 2 fully saturated rings. The summed E-state index contributed by atoms with van der Waals surface area (Å²) in [5, 5.41) is 9.46. The Hall–Kier alpha value is -1.91. The summed E-state index contributed by atoms with van der Waals surface area (Å²) >= 11 is 0. The average Bonchev–Trinajstić information content (AvgIpc) is 3.02. The number of amides is 1. The third-order valence-corrected chi connectivity index (χ3v) is 9.40. The van der Waals surface area contributed by atoms with E-state index in [2.05, 4.69) is 47.6 Å². The maximum atomic E-state index is 13.8. The van der Waals surface area contributed by atoms with E-state index in [0.29, 0.717) is 30.8 Å². The van der Waals surface area contributed by atoms with E-state index in [1.807, 2.05) is 11.0 Å². The molecular weight excluding hydrogens is 402 g/mol. The molecule has 3 unspecified atom stereocenters. The van der Waals surface area contributed by atoms with Gasteiger partial charge >= 0.3 is 5.97 Å². The van der Waals surface area contributed by atoms with Gasteiger partial charge in [-0.05, 0) is 88.7 Å². The van der Waals surface area contributed by atoms with Crippen LogP contribution in [0.25, 0.3) is 0 Å². The Morgan fingerprint density at radius 3 is 2.38 bits per heavy atom. The third kappa shape index (κ3) is 3.30. The molecule has 4 aliphatic carbocycles. The highest BCUT2D eigenvalue weighted by molar-refractivity contribution is 5.90. The number of rotatable bonds is 4. The van der Waals surface area contributed by atoms with E-state index in [4.69, 9.17) is 0 Å². The van der Waals surface area contributed by atoms with Crippen LogP contribution in [0.2, 0.25) is 0 Å². The monoisotopic (exact) mass is 441 g/mol. The number of allylic oxidation sites excluding steroid dienone is 3. The van der Waals surface area contributed by atoms with Gasteiger partial charge in [-0.3, -0.25) is 9.59 Å². The molecule has 0 bridgehead atoms. The molecule has 32 heavy (non-hydrogen) atoms. The third-order valence-electron chi connectivity index (χ3n) is 9.40. The average molecular weight is 442 g/mol. The minimum atomic E-state index is -0.852. The van der Waals surface area contributed by atoms with Gasteiger partial charge in [0.2, 0.25) is 5.91 Å². The molecule has 0 saturated heterocycles. The Kier molecular flexibility index (Phi) is 5.70. The zero-order chi connectivity index (χ0) is 23.6. The van der Waals surface area contributed by atoms with Gasteiger partial charge in [0, 0.05) is 41.3 Å². The van der Waals surface area contributed by atoms with Crippen LogP contribution in [0.4, 0.5) is 0 Å². The van der Waals surface area contributed by atoms with Gasteiger partial charge < -0.3 is 10.0 Å². The molecule has 176 valence electrons. The van der Waals surface area contributed by atoms with Gasteiger partial charge in [-0.25, -0.2) is 4.79 Å². The standard InChI is InChI=1S/C27H39NO4/c1-15(2)28(16(3)4)24(30)21-10-9-20-19-8-7-18-13-17(25(31)32)11-12-26(18,5)23(19)22(29)14-27(20,21)6/h7,13,15-16,19-21,23H,8-12,14H2,1-6H3,(H,31,32)/t19?,20?,21-,23?,26+,27+/m1/s1. The van der Waals surface area contributed by atoms with Crippen LogP contribution in [0.15, 0.2) is 23.3 Å². The molecule has 0 heterocycles. The van der Waals surface area contributed by atoms with Crippen molar-refractivity contribution < 1.29 is 19.5 Å². The van der Waals surface area contributed by atoms with E-state index in [-0.39, 0.29) is 52.4 Å². The molecule has 1 amide bonds. The summed E-state index contributed by atoms with van der Waals surface area (Å²) in [6.07, 6.45) is 8.40. The highest BCUT2D eigenvalue weighted by Crippen LogP contribution is 2.65. The number of nitrogens with zero attached hydrogens (tertiary/aromatic N) is 1. The molecule has 4 rings (SSSR count). The fraction of sp³-hybridized carbons (Fsp3) is 0.741. The fourth-order valence-electron chi connectivity index (χ4n) is 8.02. The Morgan fingerprint density at radius 2 is 1.78 bits per heavy atom. The van der Waals surface area contributed by atoms with Gasteiger partial charge in [-0.2, -0.15) is 0 Å². The van der Waals surface area contributed by atoms with Gasteiger partial charge in [0.25, 0.3) is 0 Å². The van der Waals surface area contributed by atoms with Crippen LogP contribution in [-0.2, 0) is 14.4 Å². The molecule has 2 saturated carbocycles. The lowest BCUT2D eigenvalue weighted by Gasteiger charge is -2.56. The molecule has 5 nitrogen and oxygen atoms in total. The smallest absolute Gasteiger partial charge is 0.331 e. The number of fused-ring (bicyclic) bond motifs is 5. The molecule has 0 radical (unpaired) electrons. The van der Waals surface area contributed by atoms with Crippen molar-refractivity contribution in [2.45, 2.75) is 92.2 Å². The second kappa shape index (κ2) is 7.85. The number of aliphatic carboxylic acids is 1. The second-order valence-electron chi connectivity index (χ2n) is 11.7. The summed E-state index contributed by atoms with van der Waals surface area (Å²) in [7, 11) is 0. The largest absolute Gasteiger partial charge is 0.478 e. The van der Waals surface area contributed by atoms with Gasteiger partial charge in [-0.1, -0.05) is 19.9 Å². The van der Waals surface area contributed by atoms with Crippen LogP contribution in [0.5, 0.6) is 0 Å². The van der Waals surface area contributed by atoms with Crippen molar-refractivity contribution in [2.24, 2.45) is 34.5 Å². The predicted molar refractivity (Wildman–Crippen MR) is 124 cm³/mol. The van der Waals surface area contributed by atoms with Crippen LogP contribution in [-0.4, -0.2) is 39.7 Å². The van der Waals surface area contributed by atoms with Crippen molar-refractivity contribution in [3.63, 3.8) is 0 Å². The summed E-state index contributed by atoms with van der Waals surface area (Å²) in [6.45, 7) is 12.7. The van der Waals surface area contributed by atoms with Crippen LogP contribution in [0, 0.1) is 34.5 Å². The molecule has 5 heteroatoms. The van der Waals surface area contributed by atoms with Crippen LogP contribution in [0.1, 0.15) is 80.1 Å². The summed E-state index contributed by atoms with van der Waals surface area (Å²) in [5.74, 6) is 0.108. The first-order chi connectivity index (χ1) is 14.9. The molecule has 6 atom stereocenters. The Bertz CT molecular complexity index is 891. The van der Waals surface area contributed by atoms with E-state index >= 15 is 0 Å². The van der Waals surface area contributed by atoms with E-state index < -0.39 is 5.97 Å². The van der Waals surface area contributed by atoms with E-state index in [0.717, 1.165) is 24.8 Å². The van der Waals surface area contributed by atoms with E-state index in [9.17, 15) is 19.5 Å². The van der Waals surface area contributed by atoms with Crippen molar-refractivity contribution in [3.8, 4) is 0 Å². The zero-order valence-electron chi connectivity index (χ0n) is 20.5. The van der Waals surface area contributed by atoms with Gasteiger partial charge in [0.15, 0.2) is 0 Å². The SMILES string of the molecule is CC(C)N(C(=O)[C@H]1CCC2C3CC=C4C=C(C(=O)O)CC[C@]4(C)C3C(=O)C[C@@]21C)C(C)C. The summed E-state index contributed by atoms with van der Waals surface area (Å²) in [6, 6.07) is 0.294. The maximum absolute atomic E-state index is 13.8. The maximum Gasteiger partial charge on any atom is 0.331 e. The van der Waals surface area contributed by atoms with E-state index in [1.54, 1.807) is 0 Å². The normalized spacial score (nSPS) is 38.6. The summed E-state index contributed by atoms with van der Waals surface area (Å²) < 4.78 is 0. The number of hydrogen-bond donors (Lipinski definition) is 1. The molecule has 0 spiro atoms. The molecule has 1 N–H and O–H groups in total. The summed E-state index contributed by atoms with van der Waals surface area (Å²) in [4.78, 5) is 41.0. The lowest BCUT2D eigenvalue weighted by Crippen LogP contribution is -2.56. The number of carboxylic acid groups (broad SMARTS) is 1. The second-order valence-corrected chi connectivity index (χ2v) is 11.7. The Balaban J connectivity index is 1.67. The number of carbonyl (C=O) groups excluding carboxylic acids is 2. The van der Waals surface area contributed by atoms with Gasteiger partial charge in [0.1, 0.15) is 5.78 Å². The lowest BCUT2D eigenvalue weighted by atomic mass is 9.47. The van der Waals surface area contributed by atoms with Gasteiger partial charge in [0.05, 0.1) is 0 Å². The molecule has 0 aromatic carbocycles. The van der Waals surface area contributed by atoms with E-state index in [1.165, 1.54) is 0 Å². The first-order valence-electron chi connectivity index (χ1n) is 12.4. The van der Waals surface area contributed by atoms with Crippen LogP contribution >= 0.6 is 0 Å². The fourth-order valence-corrected chi connectivity index (χ4v) is 8.02. The predicted octanol–water partition coefficient (Wildman–Crippen LogP) is 5.01. The van der Waals surface area contributed by atoms with Crippen LogP contribution in [0.3, 0.4) is 0 Å². The summed E-state index contributed by atoms with van der Waals surface area (Å²) in [5.41, 5.74) is 0.921. The Labute approximate surface area is 192 Å². The first-order valence-corrected chi connectivity index (χ1v) is 12.4. The van der Waals surface area contributed by atoms with Crippen molar-refractivity contribution >= 4 is 17.7 Å². The number of carbonyl (C=O) groups is 3. The molecular formula is C27H39NO4. The minimum Gasteiger partial charge on any atom is -0.478 e. The molecule has 4 aliphatic rings. The Morgan fingerprint density at radius 1 is 1.12 bits per heavy atom. The van der Waals surface area contributed by atoms with Crippen molar-refractivity contribution in [1.29, 1.82) is 0 Å². The zero-order valence-corrected chi connectivity index (χ0v) is 20.5. The highest BCUT2D eigenvalue weighted by atomic mass is 16.4. The number of carboxylic acids is 1. The van der Waals surface area contributed by atoms with Crippen molar-refractivity contribution in [2.75, 3.05) is 0 Å². The lowest BCUT2D eigenvalue weighted by molar-refractivity contribution is -0.151. The van der Waals surface area contributed by atoms with Crippen molar-refractivity contribution in [1.82, 2.24) is 4.90 Å². The first kappa shape index (κ1) is 23.3. The number of ketones is 1. The van der Waals surface area contributed by atoms with Crippen molar-refractivity contribution in [3.05, 3.63) is 23.3 Å². The minimum absolute atomic E-state index is 0.0627. The van der Waals surface area contributed by atoms with Crippen LogP contribution < -0.4 is 0 Å². The van der Waals surface area contributed by atoms with Gasteiger partial charge in [-0.15, -0.1) is 0 Å². The molecule has 0 aliphatic heterocycles. The molecule has 0 aromatic rings. The quantitative estimate of drug-likeness (QED) is 0.665. The number of Topliss-reactive ketones (excluding diaryl/α,β-unsaturated/α-hetero) is 1. The topological polar surface area (TPSA) is 74.7 Å². The number of hydrogen-bond acceptors (Lipinski definition) is 3.